The molecule has 3 nitrogen and oxygen atoms in total. The lowest BCUT2D eigenvalue weighted by Gasteiger charge is -2.13. The van der Waals surface area contributed by atoms with Crippen LogP contribution in [0.15, 0.2) is 47.4 Å². The first-order valence-electron chi connectivity index (χ1n) is 7.32. The number of rotatable bonds is 6. The molecule has 0 unspecified atom stereocenters. The van der Waals surface area contributed by atoms with E-state index in [-0.39, 0.29) is 6.03 Å². The Morgan fingerprint density at radius 1 is 1.08 bits per heavy atom. The number of anilines is 1. The van der Waals surface area contributed by atoms with E-state index >= 15 is 0 Å². The van der Waals surface area contributed by atoms with Crippen molar-refractivity contribution in [1.82, 2.24) is 5.32 Å². The van der Waals surface area contributed by atoms with Crippen LogP contribution in [0.2, 0.25) is 15.1 Å². The van der Waals surface area contributed by atoms with Crippen LogP contribution in [0.3, 0.4) is 0 Å². The zero-order chi connectivity index (χ0) is 17.5. The maximum absolute atomic E-state index is 11.9. The van der Waals surface area contributed by atoms with Gasteiger partial charge in [0.05, 0.1) is 10.0 Å². The van der Waals surface area contributed by atoms with E-state index < -0.39 is 0 Å². The molecule has 0 fully saturated rings. The largest absolute Gasteiger partial charge is 0.338 e. The van der Waals surface area contributed by atoms with Crippen LogP contribution in [-0.4, -0.2) is 18.3 Å². The number of hydrogen-bond acceptors (Lipinski definition) is 2. The van der Waals surface area contributed by atoms with Gasteiger partial charge in [0, 0.05) is 27.9 Å². The zero-order valence-electron chi connectivity index (χ0n) is 13.0. The number of carbonyl (C=O) groups excluding carboxylic acids is 1. The standard InChI is InChI=1S/C17H17Cl3N2OS/c1-11(10-24-14-5-2-12(18)3-6-14)9-21-17(23)22-13-4-7-15(19)16(20)8-13/h2-8,11H,9-10H2,1H3,(H2,21,22,23)/t11-/m0/s1. The van der Waals surface area contributed by atoms with Gasteiger partial charge in [0.25, 0.3) is 0 Å². The van der Waals surface area contributed by atoms with Crippen LogP contribution in [0.4, 0.5) is 10.5 Å². The van der Waals surface area contributed by atoms with Gasteiger partial charge in [-0.3, -0.25) is 0 Å². The van der Waals surface area contributed by atoms with Gasteiger partial charge in [-0.05, 0) is 48.4 Å². The van der Waals surface area contributed by atoms with Crippen LogP contribution in [0, 0.1) is 5.92 Å². The number of benzene rings is 2. The van der Waals surface area contributed by atoms with Gasteiger partial charge >= 0.3 is 6.03 Å². The van der Waals surface area contributed by atoms with Gasteiger partial charge in [-0.1, -0.05) is 41.7 Å². The van der Waals surface area contributed by atoms with Gasteiger partial charge in [-0.2, -0.15) is 0 Å². The number of nitrogens with one attached hydrogen (secondary N) is 2. The van der Waals surface area contributed by atoms with Gasteiger partial charge in [-0.25, -0.2) is 4.79 Å². The molecule has 0 bridgehead atoms. The molecule has 0 aliphatic heterocycles. The molecule has 0 radical (unpaired) electrons. The SMILES string of the molecule is C[C@@H](CNC(=O)Nc1ccc(Cl)c(Cl)c1)CSc1ccc(Cl)cc1. The summed E-state index contributed by atoms with van der Waals surface area (Å²) in [5.41, 5.74) is 0.602. The summed E-state index contributed by atoms with van der Waals surface area (Å²) in [7, 11) is 0. The molecule has 128 valence electrons. The van der Waals surface area contributed by atoms with E-state index in [4.69, 9.17) is 34.8 Å². The number of thioether (sulfide) groups is 1. The fourth-order valence-electron chi connectivity index (χ4n) is 1.84. The van der Waals surface area contributed by atoms with Crippen molar-refractivity contribution >= 4 is 58.3 Å². The monoisotopic (exact) mass is 402 g/mol. The van der Waals surface area contributed by atoms with Crippen molar-refractivity contribution < 1.29 is 4.79 Å². The van der Waals surface area contributed by atoms with Crippen molar-refractivity contribution in [2.24, 2.45) is 5.92 Å². The van der Waals surface area contributed by atoms with Crippen LogP contribution < -0.4 is 10.6 Å². The van der Waals surface area contributed by atoms with Gasteiger partial charge in [-0.15, -0.1) is 11.8 Å². The summed E-state index contributed by atoms with van der Waals surface area (Å²) >= 11 is 19.4. The zero-order valence-corrected chi connectivity index (χ0v) is 16.1. The first-order valence-corrected chi connectivity index (χ1v) is 9.44. The molecule has 2 aromatic rings. The molecule has 0 aliphatic rings. The fraction of sp³-hybridized carbons (Fsp3) is 0.235. The molecule has 0 spiro atoms. The average molecular weight is 404 g/mol. The average Bonchev–Trinajstić information content (AvgIpc) is 2.56. The minimum Gasteiger partial charge on any atom is -0.338 e. The highest BCUT2D eigenvalue weighted by atomic mass is 35.5. The molecule has 0 heterocycles. The normalized spacial score (nSPS) is 11.8. The molecule has 2 aromatic carbocycles. The molecular weight excluding hydrogens is 387 g/mol. The van der Waals surface area contributed by atoms with Crippen LogP contribution in [0.25, 0.3) is 0 Å². The number of urea groups is 1. The van der Waals surface area contributed by atoms with Crippen molar-refractivity contribution in [3.63, 3.8) is 0 Å². The summed E-state index contributed by atoms with van der Waals surface area (Å²) in [6.45, 7) is 2.66. The number of carbonyl (C=O) groups is 1. The van der Waals surface area contributed by atoms with Crippen molar-refractivity contribution in [3.8, 4) is 0 Å². The Kier molecular flexibility index (Phi) is 7.56. The minimum absolute atomic E-state index is 0.267. The quantitative estimate of drug-likeness (QED) is 0.564. The highest BCUT2D eigenvalue weighted by Gasteiger charge is 2.08. The van der Waals surface area contributed by atoms with Crippen molar-refractivity contribution in [2.45, 2.75) is 11.8 Å². The van der Waals surface area contributed by atoms with E-state index in [0.717, 1.165) is 15.7 Å². The molecule has 2 N–H and O–H groups in total. The van der Waals surface area contributed by atoms with Gasteiger partial charge < -0.3 is 10.6 Å². The second-order valence-electron chi connectivity index (χ2n) is 5.33. The smallest absolute Gasteiger partial charge is 0.319 e. The van der Waals surface area contributed by atoms with Gasteiger partial charge in [0.1, 0.15) is 0 Å². The molecule has 7 heteroatoms. The Hall–Kier alpha value is -1.07. The Morgan fingerprint density at radius 3 is 2.46 bits per heavy atom. The van der Waals surface area contributed by atoms with Crippen LogP contribution in [-0.2, 0) is 0 Å². The molecule has 0 aliphatic carbocycles. The number of amides is 2. The Bertz CT molecular complexity index is 695. The maximum atomic E-state index is 11.9. The van der Waals surface area contributed by atoms with E-state index in [0.29, 0.717) is 28.2 Å². The highest BCUT2D eigenvalue weighted by molar-refractivity contribution is 7.99. The molecule has 0 saturated heterocycles. The van der Waals surface area contributed by atoms with E-state index in [1.165, 1.54) is 0 Å². The van der Waals surface area contributed by atoms with E-state index in [1.54, 1.807) is 30.0 Å². The topological polar surface area (TPSA) is 41.1 Å². The number of halogens is 3. The van der Waals surface area contributed by atoms with E-state index in [9.17, 15) is 4.79 Å². The maximum Gasteiger partial charge on any atom is 0.319 e. The van der Waals surface area contributed by atoms with Gasteiger partial charge in [0.15, 0.2) is 0 Å². The summed E-state index contributed by atoms with van der Waals surface area (Å²) in [5.74, 6) is 1.22. The molecule has 0 aromatic heterocycles. The second kappa shape index (κ2) is 9.42. The lowest BCUT2D eigenvalue weighted by molar-refractivity contribution is 0.251. The molecule has 2 amide bonds. The van der Waals surface area contributed by atoms with Crippen molar-refractivity contribution in [3.05, 3.63) is 57.5 Å². The molecular formula is C17H17Cl3N2OS. The Labute approximate surface area is 161 Å². The minimum atomic E-state index is -0.267. The van der Waals surface area contributed by atoms with E-state index in [1.807, 2.05) is 24.3 Å². The molecule has 24 heavy (non-hydrogen) atoms. The summed E-state index contributed by atoms with van der Waals surface area (Å²) in [6, 6.07) is 12.4. The van der Waals surface area contributed by atoms with Crippen LogP contribution in [0.5, 0.6) is 0 Å². The molecule has 2 rings (SSSR count). The lowest BCUT2D eigenvalue weighted by atomic mass is 10.2. The third-order valence-corrected chi connectivity index (χ3v) is 5.47. The lowest BCUT2D eigenvalue weighted by Crippen LogP contribution is -2.32. The third kappa shape index (κ3) is 6.44. The first kappa shape index (κ1) is 19.3. The van der Waals surface area contributed by atoms with Crippen LogP contribution in [0.1, 0.15) is 6.92 Å². The second-order valence-corrected chi connectivity index (χ2v) is 7.68. The molecule has 0 saturated carbocycles. The van der Waals surface area contributed by atoms with Crippen LogP contribution >= 0.6 is 46.6 Å². The summed E-state index contributed by atoms with van der Waals surface area (Å²) in [6.07, 6.45) is 0. The molecule has 1 atom stereocenters. The summed E-state index contributed by atoms with van der Waals surface area (Å²) < 4.78 is 0. The van der Waals surface area contributed by atoms with E-state index in [2.05, 4.69) is 17.6 Å². The Balaban J connectivity index is 1.72. The predicted molar refractivity (Wildman–Crippen MR) is 105 cm³/mol. The van der Waals surface area contributed by atoms with Gasteiger partial charge in [0.2, 0.25) is 0 Å². The third-order valence-electron chi connectivity index (χ3n) is 3.14. The first-order chi connectivity index (χ1) is 11.4. The Morgan fingerprint density at radius 2 is 1.79 bits per heavy atom. The van der Waals surface area contributed by atoms with Crippen molar-refractivity contribution in [2.75, 3.05) is 17.6 Å². The fourth-order valence-corrected chi connectivity index (χ4v) is 3.19. The number of hydrogen-bond donors (Lipinski definition) is 2. The summed E-state index contributed by atoms with van der Waals surface area (Å²) in [5, 5.41) is 7.17. The summed E-state index contributed by atoms with van der Waals surface area (Å²) in [4.78, 5) is 13.1. The highest BCUT2D eigenvalue weighted by Crippen LogP contribution is 2.25. The predicted octanol–water partition coefficient (Wildman–Crippen LogP) is 6.20. The van der Waals surface area contributed by atoms with Crippen molar-refractivity contribution in [1.29, 1.82) is 0 Å².